The van der Waals surface area contributed by atoms with Gasteiger partial charge in [-0.15, -0.1) is 23.7 Å². The molecule has 166 valence electrons. The van der Waals surface area contributed by atoms with Crippen LogP contribution in [0.15, 0.2) is 36.4 Å². The predicted octanol–water partition coefficient (Wildman–Crippen LogP) is 5.35. The van der Waals surface area contributed by atoms with Crippen LogP contribution in [0.4, 0.5) is 10.1 Å². The molecule has 2 aromatic carbocycles. The van der Waals surface area contributed by atoms with Crippen molar-refractivity contribution >= 4 is 45.6 Å². The van der Waals surface area contributed by atoms with Gasteiger partial charge in [0.25, 0.3) is 0 Å². The molecule has 4 rings (SSSR count). The molecule has 0 saturated heterocycles. The number of anilines is 1. The quantitative estimate of drug-likeness (QED) is 0.476. The molecule has 1 fully saturated rings. The normalized spacial score (nSPS) is 20.4. The van der Waals surface area contributed by atoms with Crippen molar-refractivity contribution in [3.8, 4) is 5.75 Å². The first-order valence-corrected chi connectivity index (χ1v) is 10.8. The SMILES string of the molecule is COC(=O)C1CCC(N(C)c2c(OC)ccc3nc(C)sc23)C1c1ccc(F)cc1.Cl. The third kappa shape index (κ3) is 4.21. The van der Waals surface area contributed by atoms with E-state index in [4.69, 9.17) is 9.47 Å². The Morgan fingerprint density at radius 2 is 1.87 bits per heavy atom. The Labute approximate surface area is 191 Å². The zero-order valence-electron chi connectivity index (χ0n) is 17.9. The van der Waals surface area contributed by atoms with E-state index in [0.29, 0.717) is 6.42 Å². The number of fused-ring (bicyclic) bond motifs is 1. The summed E-state index contributed by atoms with van der Waals surface area (Å²) in [7, 11) is 5.12. The number of aryl methyl sites for hydroxylation is 1. The van der Waals surface area contributed by atoms with E-state index in [1.807, 2.05) is 26.1 Å². The predicted molar refractivity (Wildman–Crippen MR) is 124 cm³/mol. The minimum Gasteiger partial charge on any atom is -0.495 e. The average molecular weight is 465 g/mol. The maximum atomic E-state index is 13.6. The highest BCUT2D eigenvalue weighted by Crippen LogP contribution is 2.47. The number of methoxy groups -OCH3 is 2. The van der Waals surface area contributed by atoms with Crippen molar-refractivity contribution in [2.24, 2.45) is 5.92 Å². The Morgan fingerprint density at radius 1 is 1.16 bits per heavy atom. The first-order valence-electron chi connectivity index (χ1n) is 9.94. The van der Waals surface area contributed by atoms with E-state index < -0.39 is 0 Å². The number of carbonyl (C=O) groups is 1. The molecule has 0 bridgehead atoms. The molecule has 5 nitrogen and oxygen atoms in total. The largest absolute Gasteiger partial charge is 0.495 e. The second-order valence-corrected chi connectivity index (χ2v) is 8.86. The average Bonchev–Trinajstić information content (AvgIpc) is 3.35. The molecule has 3 aromatic rings. The van der Waals surface area contributed by atoms with Crippen molar-refractivity contribution in [3.05, 3.63) is 52.8 Å². The number of esters is 1. The fraction of sp³-hybridized carbons (Fsp3) is 0.391. The van der Waals surface area contributed by atoms with Crippen molar-refractivity contribution in [2.45, 2.75) is 31.7 Å². The van der Waals surface area contributed by atoms with Crippen LogP contribution in [0.25, 0.3) is 10.2 Å². The first-order chi connectivity index (χ1) is 14.4. The third-order valence-corrected chi connectivity index (χ3v) is 7.05. The molecule has 8 heteroatoms. The first kappa shape index (κ1) is 23.3. The van der Waals surface area contributed by atoms with E-state index in [9.17, 15) is 9.18 Å². The van der Waals surface area contributed by atoms with Gasteiger partial charge in [0.15, 0.2) is 0 Å². The number of aromatic nitrogens is 1. The smallest absolute Gasteiger partial charge is 0.309 e. The number of halogens is 2. The zero-order valence-corrected chi connectivity index (χ0v) is 19.6. The lowest BCUT2D eigenvalue weighted by Crippen LogP contribution is -2.36. The molecule has 31 heavy (non-hydrogen) atoms. The Bertz CT molecular complexity index is 1070. The molecule has 3 atom stereocenters. The van der Waals surface area contributed by atoms with Crippen molar-refractivity contribution in [1.82, 2.24) is 4.98 Å². The zero-order chi connectivity index (χ0) is 21.4. The van der Waals surface area contributed by atoms with E-state index in [0.717, 1.165) is 38.6 Å². The Balaban J connectivity index is 0.00000272. The van der Waals surface area contributed by atoms with Gasteiger partial charge >= 0.3 is 5.97 Å². The van der Waals surface area contributed by atoms with Crippen LogP contribution in [0.3, 0.4) is 0 Å². The van der Waals surface area contributed by atoms with Gasteiger partial charge in [0.05, 0.1) is 41.0 Å². The highest BCUT2D eigenvalue weighted by atomic mass is 35.5. The van der Waals surface area contributed by atoms with Crippen molar-refractivity contribution < 1.29 is 18.7 Å². The number of likely N-dealkylation sites (N-methyl/N-ethyl adjacent to an activating group) is 1. The molecule has 1 aliphatic carbocycles. The van der Waals surface area contributed by atoms with E-state index >= 15 is 0 Å². The lowest BCUT2D eigenvalue weighted by Gasteiger charge is -2.34. The topological polar surface area (TPSA) is 51.7 Å². The van der Waals surface area contributed by atoms with Gasteiger partial charge in [0.2, 0.25) is 0 Å². The molecular formula is C23H26ClFN2O3S. The molecule has 0 spiro atoms. The van der Waals surface area contributed by atoms with Gasteiger partial charge in [-0.05, 0) is 49.6 Å². The summed E-state index contributed by atoms with van der Waals surface area (Å²) >= 11 is 1.63. The highest BCUT2D eigenvalue weighted by Gasteiger charge is 2.44. The van der Waals surface area contributed by atoms with Crippen molar-refractivity contribution in [2.75, 3.05) is 26.2 Å². The number of thiazole rings is 1. The Hall–Kier alpha value is -2.38. The van der Waals surface area contributed by atoms with Gasteiger partial charge in [-0.3, -0.25) is 4.79 Å². The minimum absolute atomic E-state index is 0. The highest BCUT2D eigenvalue weighted by molar-refractivity contribution is 7.19. The summed E-state index contributed by atoms with van der Waals surface area (Å²) in [6.45, 7) is 1.99. The molecule has 1 saturated carbocycles. The van der Waals surface area contributed by atoms with Gasteiger partial charge in [-0.1, -0.05) is 12.1 Å². The van der Waals surface area contributed by atoms with Gasteiger partial charge in [-0.2, -0.15) is 0 Å². The number of ether oxygens (including phenoxy) is 2. The maximum absolute atomic E-state index is 13.6. The summed E-state index contributed by atoms with van der Waals surface area (Å²) < 4.78 is 25.4. The molecule has 0 amide bonds. The number of nitrogens with zero attached hydrogens (tertiary/aromatic N) is 2. The summed E-state index contributed by atoms with van der Waals surface area (Å²) in [5, 5.41) is 0.988. The number of hydrogen-bond donors (Lipinski definition) is 0. The van der Waals surface area contributed by atoms with Crippen LogP contribution in [0.2, 0.25) is 0 Å². The molecule has 1 heterocycles. The van der Waals surface area contributed by atoms with Crippen LogP contribution in [-0.4, -0.2) is 38.3 Å². The lowest BCUT2D eigenvalue weighted by molar-refractivity contribution is -0.145. The van der Waals surface area contributed by atoms with Gasteiger partial charge in [0, 0.05) is 19.0 Å². The molecule has 3 unspecified atom stereocenters. The van der Waals surface area contributed by atoms with Gasteiger partial charge < -0.3 is 14.4 Å². The van der Waals surface area contributed by atoms with Gasteiger partial charge in [0.1, 0.15) is 11.6 Å². The number of benzene rings is 2. The summed E-state index contributed by atoms with van der Waals surface area (Å²) in [6.07, 6.45) is 1.53. The summed E-state index contributed by atoms with van der Waals surface area (Å²) in [5.74, 6) is -0.131. The third-order valence-electron chi connectivity index (χ3n) is 6.05. The number of hydrogen-bond acceptors (Lipinski definition) is 6. The molecule has 0 N–H and O–H groups in total. The number of carbonyl (C=O) groups excluding carboxylic acids is 1. The van der Waals surface area contributed by atoms with Crippen molar-refractivity contribution in [1.29, 1.82) is 0 Å². The van der Waals surface area contributed by atoms with Crippen LogP contribution in [0.5, 0.6) is 5.75 Å². The monoisotopic (exact) mass is 464 g/mol. The van der Waals surface area contributed by atoms with Crippen LogP contribution >= 0.6 is 23.7 Å². The van der Waals surface area contributed by atoms with Crippen LogP contribution < -0.4 is 9.64 Å². The van der Waals surface area contributed by atoms with E-state index in [1.54, 1.807) is 30.6 Å². The fourth-order valence-corrected chi connectivity index (χ4v) is 5.70. The van der Waals surface area contributed by atoms with E-state index in [-0.39, 0.29) is 42.1 Å². The standard InChI is InChI=1S/C23H25FN2O3S.ClH/c1-13-25-17-10-12-19(28-3)21(22(17)30-13)26(2)18-11-9-16(23(27)29-4)20(18)14-5-7-15(24)8-6-14;/h5-8,10,12,16,18,20H,9,11H2,1-4H3;1H. The van der Waals surface area contributed by atoms with Crippen LogP contribution in [0.1, 0.15) is 29.3 Å². The van der Waals surface area contributed by atoms with Crippen LogP contribution in [0, 0.1) is 18.7 Å². The Morgan fingerprint density at radius 3 is 2.52 bits per heavy atom. The molecule has 0 aliphatic heterocycles. The van der Waals surface area contributed by atoms with Crippen molar-refractivity contribution in [3.63, 3.8) is 0 Å². The summed E-state index contributed by atoms with van der Waals surface area (Å²) in [4.78, 5) is 19.4. The van der Waals surface area contributed by atoms with Crippen LogP contribution in [-0.2, 0) is 9.53 Å². The van der Waals surface area contributed by atoms with E-state index in [2.05, 4.69) is 9.88 Å². The second kappa shape index (κ2) is 9.40. The second-order valence-electron chi connectivity index (χ2n) is 7.66. The fourth-order valence-electron chi connectivity index (χ4n) is 4.70. The Kier molecular flexibility index (Phi) is 7.06. The lowest BCUT2D eigenvalue weighted by atomic mass is 9.86. The van der Waals surface area contributed by atoms with Gasteiger partial charge in [-0.25, -0.2) is 9.37 Å². The molecule has 1 aromatic heterocycles. The summed E-state index contributed by atoms with van der Waals surface area (Å²) in [5.41, 5.74) is 2.84. The molecule has 0 radical (unpaired) electrons. The molecular weight excluding hydrogens is 439 g/mol. The minimum atomic E-state index is -0.289. The summed E-state index contributed by atoms with van der Waals surface area (Å²) in [6, 6.07) is 10.4. The number of rotatable bonds is 5. The van der Waals surface area contributed by atoms with E-state index in [1.165, 1.54) is 19.2 Å². The molecule has 1 aliphatic rings. The maximum Gasteiger partial charge on any atom is 0.309 e.